The summed E-state index contributed by atoms with van der Waals surface area (Å²) < 4.78 is 5.41. The Kier molecular flexibility index (Phi) is 18.3. The Labute approximate surface area is 251 Å². The van der Waals surface area contributed by atoms with Crippen LogP contribution in [0, 0.1) is 22.7 Å². The highest BCUT2D eigenvalue weighted by Crippen LogP contribution is 2.40. The minimum atomic E-state index is -0.166. The normalized spacial score (nSPS) is 14.8. The molecule has 0 heterocycles. The number of aliphatic hydroxyl groups excluding tert-OH is 1. The molecule has 0 saturated carbocycles. The Morgan fingerprint density at radius 3 is 1.52 bits per heavy atom. The summed E-state index contributed by atoms with van der Waals surface area (Å²) in [6, 6.07) is 4.47. The molecule has 0 aliphatic carbocycles. The zero-order chi connectivity index (χ0) is 32.1. The third kappa shape index (κ3) is 16.4. The zero-order valence-electron chi connectivity index (χ0n) is 30.1. The van der Waals surface area contributed by atoms with Gasteiger partial charge >= 0.3 is 0 Å². The number of phenols is 1. The number of ether oxygens (including phenoxy) is 1. The van der Waals surface area contributed by atoms with E-state index in [1.165, 1.54) is 18.4 Å². The molecule has 1 rings (SSSR count). The molecule has 0 spiro atoms. The average molecular weight is 565 g/mol. The lowest BCUT2D eigenvalue weighted by atomic mass is 9.77. The Morgan fingerprint density at radius 2 is 1.20 bits per heavy atom. The van der Waals surface area contributed by atoms with E-state index in [1.807, 2.05) is 13.8 Å². The second kappa shape index (κ2) is 17.8. The second-order valence-electron chi connectivity index (χ2n) is 15.9. The minimum absolute atomic E-state index is 0.0433. The number of aromatic hydroxyl groups is 1. The van der Waals surface area contributed by atoms with Crippen molar-refractivity contribution in [3.63, 3.8) is 0 Å². The molecule has 0 amide bonds. The van der Waals surface area contributed by atoms with Gasteiger partial charge in [-0.3, -0.25) is 0 Å². The molecule has 2 N–H and O–H groups in total. The van der Waals surface area contributed by atoms with Gasteiger partial charge in [0.2, 0.25) is 0 Å². The van der Waals surface area contributed by atoms with Crippen molar-refractivity contribution in [1.29, 1.82) is 0 Å². The zero-order valence-corrected chi connectivity index (χ0v) is 30.1. The highest BCUT2D eigenvalue weighted by Gasteiger charge is 2.28. The van der Waals surface area contributed by atoms with Crippen molar-refractivity contribution in [3.8, 4) is 5.75 Å². The Hall–Kier alpha value is -1.06. The van der Waals surface area contributed by atoms with Gasteiger partial charge in [-0.15, -0.1) is 0 Å². The summed E-state index contributed by atoms with van der Waals surface area (Å²) >= 11 is 0. The number of benzene rings is 1. The van der Waals surface area contributed by atoms with Crippen molar-refractivity contribution in [1.82, 2.24) is 0 Å². The SMILES string of the molecule is CC.CCC(C)(C)CC(CC(C)(C)C)OCO.CCCC(C)C(C)Cc1cc(C(C)(C)C)c(O)c(C(C)(C)C)c1. The molecule has 0 saturated heterocycles. The van der Waals surface area contributed by atoms with Gasteiger partial charge in [-0.05, 0) is 69.4 Å². The van der Waals surface area contributed by atoms with Gasteiger partial charge in [0, 0.05) is 0 Å². The van der Waals surface area contributed by atoms with Crippen molar-refractivity contribution < 1.29 is 14.9 Å². The van der Waals surface area contributed by atoms with E-state index in [2.05, 4.69) is 116 Å². The molecule has 0 fully saturated rings. The van der Waals surface area contributed by atoms with Crippen molar-refractivity contribution >= 4 is 0 Å². The molecule has 0 aliphatic rings. The molecule has 1 aromatic carbocycles. The summed E-state index contributed by atoms with van der Waals surface area (Å²) in [4.78, 5) is 0. The van der Waals surface area contributed by atoms with E-state index in [-0.39, 0.29) is 29.1 Å². The molecule has 3 atom stereocenters. The monoisotopic (exact) mass is 565 g/mol. The van der Waals surface area contributed by atoms with Crippen LogP contribution in [0.5, 0.6) is 5.75 Å². The van der Waals surface area contributed by atoms with Crippen LogP contribution in [0.1, 0.15) is 166 Å². The number of rotatable bonds is 11. The molecule has 1 aromatic rings. The maximum Gasteiger partial charge on any atom is 0.143 e. The van der Waals surface area contributed by atoms with Gasteiger partial charge < -0.3 is 14.9 Å². The maximum absolute atomic E-state index is 10.8. The lowest BCUT2D eigenvalue weighted by Crippen LogP contribution is -2.27. The van der Waals surface area contributed by atoms with Gasteiger partial charge in [0.25, 0.3) is 0 Å². The number of aliphatic hydroxyl groups is 1. The van der Waals surface area contributed by atoms with Gasteiger partial charge in [0.1, 0.15) is 12.5 Å². The van der Waals surface area contributed by atoms with Gasteiger partial charge in [-0.25, -0.2) is 0 Å². The first-order chi connectivity index (χ1) is 18.1. The van der Waals surface area contributed by atoms with Crippen LogP contribution in [0.4, 0.5) is 0 Å². The lowest BCUT2D eigenvalue weighted by molar-refractivity contribution is -0.0777. The summed E-state index contributed by atoms with van der Waals surface area (Å²) in [5, 5.41) is 19.7. The maximum atomic E-state index is 10.8. The molecule has 3 nitrogen and oxygen atoms in total. The summed E-state index contributed by atoms with van der Waals surface area (Å²) in [7, 11) is 0. The summed E-state index contributed by atoms with van der Waals surface area (Å²) in [6.07, 6.45) is 6.96. The standard InChI is InChI=1S/C22H38O.C13H28O2.C2H6/c1-10-11-15(2)16(3)12-17-13-18(21(4,5)6)20(23)19(14-17)22(7,8)9;1-7-13(5,6)9-11(15-10-14)8-12(2,3)4;1-2/h13-16,23H,10-12H2,1-9H3;11,14H,7-10H2,1-6H3;1-2H3. The van der Waals surface area contributed by atoms with E-state index in [0.717, 1.165) is 42.7 Å². The average Bonchev–Trinajstić information content (AvgIpc) is 2.79. The van der Waals surface area contributed by atoms with E-state index < -0.39 is 0 Å². The van der Waals surface area contributed by atoms with Gasteiger partial charge in [-0.2, -0.15) is 0 Å². The summed E-state index contributed by atoms with van der Waals surface area (Å²) in [5.41, 5.74) is 3.99. The van der Waals surface area contributed by atoms with Crippen LogP contribution in [0.15, 0.2) is 12.1 Å². The van der Waals surface area contributed by atoms with E-state index in [1.54, 1.807) is 0 Å². The van der Waals surface area contributed by atoms with E-state index >= 15 is 0 Å². The van der Waals surface area contributed by atoms with E-state index in [0.29, 0.717) is 17.1 Å². The van der Waals surface area contributed by atoms with E-state index in [9.17, 15) is 5.11 Å². The van der Waals surface area contributed by atoms with Crippen molar-refractivity contribution in [2.45, 2.75) is 173 Å². The van der Waals surface area contributed by atoms with Gasteiger partial charge in [0.15, 0.2) is 0 Å². The number of phenolic OH excluding ortho intramolecular Hbond substituents is 1. The van der Waals surface area contributed by atoms with Crippen LogP contribution in [-0.2, 0) is 22.0 Å². The lowest BCUT2D eigenvalue weighted by Gasteiger charge is -2.32. The molecule has 0 aliphatic heterocycles. The molecule has 0 bridgehead atoms. The second-order valence-corrected chi connectivity index (χ2v) is 15.9. The molecular formula is C37H72O3. The van der Waals surface area contributed by atoms with Crippen molar-refractivity contribution in [2.24, 2.45) is 22.7 Å². The van der Waals surface area contributed by atoms with Crippen LogP contribution in [-0.4, -0.2) is 23.1 Å². The molecule has 0 radical (unpaired) electrons. The largest absolute Gasteiger partial charge is 0.507 e. The highest BCUT2D eigenvalue weighted by molar-refractivity contribution is 5.50. The minimum Gasteiger partial charge on any atom is -0.507 e. The van der Waals surface area contributed by atoms with Gasteiger partial charge in [-0.1, -0.05) is 149 Å². The number of hydrogen-bond acceptors (Lipinski definition) is 3. The van der Waals surface area contributed by atoms with E-state index in [4.69, 9.17) is 9.84 Å². The van der Waals surface area contributed by atoms with Crippen molar-refractivity contribution in [2.75, 3.05) is 6.79 Å². The third-order valence-corrected chi connectivity index (χ3v) is 7.95. The quantitative estimate of drug-likeness (QED) is 0.263. The fraction of sp³-hybridized carbons (Fsp3) is 0.838. The Balaban J connectivity index is 0. The highest BCUT2D eigenvalue weighted by atomic mass is 16.6. The third-order valence-electron chi connectivity index (χ3n) is 7.95. The summed E-state index contributed by atoms with van der Waals surface area (Å²) in [6.45, 7) is 37.2. The molecule has 3 unspecified atom stereocenters. The first-order valence-electron chi connectivity index (χ1n) is 16.2. The van der Waals surface area contributed by atoms with Crippen LogP contribution < -0.4 is 0 Å². The predicted octanol–water partition coefficient (Wildman–Crippen LogP) is 11.2. The summed E-state index contributed by atoms with van der Waals surface area (Å²) in [5.74, 6) is 1.90. The fourth-order valence-electron chi connectivity index (χ4n) is 5.01. The number of hydrogen-bond donors (Lipinski definition) is 2. The molecule has 238 valence electrons. The van der Waals surface area contributed by atoms with Crippen LogP contribution in [0.3, 0.4) is 0 Å². The van der Waals surface area contributed by atoms with Crippen molar-refractivity contribution in [3.05, 3.63) is 28.8 Å². The van der Waals surface area contributed by atoms with Crippen LogP contribution in [0.25, 0.3) is 0 Å². The molecule has 0 aromatic heterocycles. The topological polar surface area (TPSA) is 49.7 Å². The first kappa shape index (κ1) is 41.1. The first-order valence-corrected chi connectivity index (χ1v) is 16.2. The smallest absolute Gasteiger partial charge is 0.143 e. The molecular weight excluding hydrogens is 492 g/mol. The van der Waals surface area contributed by atoms with Crippen LogP contribution >= 0.6 is 0 Å². The Morgan fingerprint density at radius 1 is 0.750 bits per heavy atom. The van der Waals surface area contributed by atoms with Crippen LogP contribution in [0.2, 0.25) is 0 Å². The molecule has 40 heavy (non-hydrogen) atoms. The molecule has 3 heteroatoms. The predicted molar refractivity (Wildman–Crippen MR) is 179 cm³/mol. The Bertz CT molecular complexity index is 767. The fourth-order valence-corrected chi connectivity index (χ4v) is 5.01. The van der Waals surface area contributed by atoms with Gasteiger partial charge in [0.05, 0.1) is 6.10 Å².